The van der Waals surface area contributed by atoms with E-state index in [0.717, 1.165) is 18.9 Å². The molecule has 1 fully saturated rings. The molecule has 2 aromatic rings. The van der Waals surface area contributed by atoms with Crippen molar-refractivity contribution < 1.29 is 22.8 Å². The normalized spacial score (nSPS) is 16.0. The smallest absolute Gasteiger partial charge is 0.364 e. The van der Waals surface area contributed by atoms with Crippen molar-refractivity contribution in [2.24, 2.45) is 11.7 Å². The van der Waals surface area contributed by atoms with Gasteiger partial charge in [0.25, 0.3) is 5.91 Å². The summed E-state index contributed by atoms with van der Waals surface area (Å²) in [6.07, 6.45) is -1.40. The van der Waals surface area contributed by atoms with Crippen LogP contribution in [-0.2, 0) is 17.5 Å². The van der Waals surface area contributed by atoms with Crippen molar-refractivity contribution in [3.8, 4) is 0 Å². The monoisotopic (exact) mass is 449 g/mol. The van der Waals surface area contributed by atoms with Crippen LogP contribution >= 0.6 is 0 Å². The molecule has 1 unspecified atom stereocenters. The summed E-state index contributed by atoms with van der Waals surface area (Å²) in [6, 6.07) is 5.35. The fourth-order valence-corrected chi connectivity index (χ4v) is 3.56. The van der Waals surface area contributed by atoms with Crippen LogP contribution < -0.4 is 16.0 Å². The molecule has 1 atom stereocenters. The van der Waals surface area contributed by atoms with Gasteiger partial charge in [-0.1, -0.05) is 19.1 Å². The molecule has 0 aliphatic carbocycles. The number of piperidine rings is 1. The minimum Gasteiger partial charge on any atom is -0.364 e. The van der Waals surface area contributed by atoms with Gasteiger partial charge < -0.3 is 16.0 Å². The molecule has 3 rings (SSSR count). The van der Waals surface area contributed by atoms with Crippen molar-refractivity contribution >= 4 is 17.6 Å². The molecule has 2 aromatic heterocycles. The van der Waals surface area contributed by atoms with Crippen LogP contribution in [0.3, 0.4) is 0 Å². The number of anilines is 1. The fourth-order valence-electron chi connectivity index (χ4n) is 3.56. The summed E-state index contributed by atoms with van der Waals surface area (Å²) < 4.78 is 39.7. The maximum atomic E-state index is 13.2. The molecule has 1 saturated heterocycles. The third kappa shape index (κ3) is 5.54. The highest BCUT2D eigenvalue weighted by atomic mass is 19.4. The number of primary amides is 1. The Labute approximate surface area is 184 Å². The van der Waals surface area contributed by atoms with E-state index in [0.29, 0.717) is 30.1 Å². The second-order valence-corrected chi connectivity index (χ2v) is 8.13. The zero-order valence-corrected chi connectivity index (χ0v) is 17.9. The molecule has 1 aliphatic heterocycles. The molecule has 3 heterocycles. The number of hydrogen-bond donors (Lipinski definition) is 2. The van der Waals surface area contributed by atoms with Crippen LogP contribution in [0.5, 0.6) is 0 Å². The number of amides is 2. The molecule has 172 valence electrons. The topological polar surface area (TPSA) is 101 Å². The van der Waals surface area contributed by atoms with Gasteiger partial charge in [0, 0.05) is 31.4 Å². The van der Waals surface area contributed by atoms with Gasteiger partial charge in [0.05, 0.1) is 5.92 Å². The van der Waals surface area contributed by atoms with Gasteiger partial charge in [0.2, 0.25) is 5.91 Å². The van der Waals surface area contributed by atoms with Crippen molar-refractivity contribution in [3.05, 3.63) is 53.0 Å². The van der Waals surface area contributed by atoms with Crippen LogP contribution in [0.2, 0.25) is 0 Å². The number of rotatable bonds is 6. The van der Waals surface area contributed by atoms with Crippen LogP contribution in [0.25, 0.3) is 0 Å². The molecular weight excluding hydrogens is 423 g/mol. The second kappa shape index (κ2) is 9.54. The Morgan fingerprint density at radius 3 is 2.47 bits per heavy atom. The second-order valence-electron chi connectivity index (χ2n) is 8.13. The van der Waals surface area contributed by atoms with Crippen molar-refractivity contribution in [2.75, 3.05) is 18.0 Å². The molecule has 10 heteroatoms. The fraction of sp³-hybridized carbons (Fsp3) is 0.455. The largest absolute Gasteiger partial charge is 0.433 e. The van der Waals surface area contributed by atoms with Crippen LogP contribution in [0.15, 0.2) is 30.5 Å². The number of carbonyl (C=O) groups is 2. The van der Waals surface area contributed by atoms with E-state index in [-0.39, 0.29) is 24.0 Å². The standard InChI is InChI=1S/C22H26F3N5O2/c1-13-7-9-30(10-8-13)20-16(4-6-18(29-20)22(23,24)25)12-28-21(32)14(2)15-3-5-17(19(26)31)27-11-15/h3-6,11,13-14H,7-10,12H2,1-2H3,(H2,26,31)(H,28,32). The number of nitrogens with one attached hydrogen (secondary N) is 1. The van der Waals surface area contributed by atoms with Gasteiger partial charge in [-0.2, -0.15) is 13.2 Å². The number of alkyl halides is 3. The Bertz CT molecular complexity index is 971. The van der Waals surface area contributed by atoms with Gasteiger partial charge in [-0.3, -0.25) is 14.6 Å². The summed E-state index contributed by atoms with van der Waals surface area (Å²) in [6.45, 7) is 5.07. The molecule has 0 saturated carbocycles. The number of nitrogens with zero attached hydrogens (tertiary/aromatic N) is 3. The van der Waals surface area contributed by atoms with Gasteiger partial charge >= 0.3 is 6.18 Å². The number of hydrogen-bond acceptors (Lipinski definition) is 5. The Kier molecular flexibility index (Phi) is 7.00. The highest BCUT2D eigenvalue weighted by Crippen LogP contribution is 2.32. The Morgan fingerprint density at radius 1 is 1.22 bits per heavy atom. The zero-order valence-electron chi connectivity index (χ0n) is 17.9. The third-order valence-electron chi connectivity index (χ3n) is 5.71. The van der Waals surface area contributed by atoms with Gasteiger partial charge in [0.1, 0.15) is 17.2 Å². The van der Waals surface area contributed by atoms with Crippen LogP contribution in [0, 0.1) is 5.92 Å². The highest BCUT2D eigenvalue weighted by Gasteiger charge is 2.34. The molecule has 2 amide bonds. The van der Waals surface area contributed by atoms with Gasteiger partial charge in [-0.05, 0) is 43.4 Å². The minimum absolute atomic E-state index is 0.0441. The lowest BCUT2D eigenvalue weighted by Crippen LogP contribution is -2.35. The predicted molar refractivity (Wildman–Crippen MR) is 113 cm³/mol. The Hall–Kier alpha value is -3.17. The van der Waals surface area contributed by atoms with E-state index in [2.05, 4.69) is 22.2 Å². The third-order valence-corrected chi connectivity index (χ3v) is 5.71. The van der Waals surface area contributed by atoms with E-state index in [1.165, 1.54) is 18.3 Å². The average molecular weight is 449 g/mol. The number of carbonyl (C=O) groups excluding carboxylic acids is 2. The first-order valence-electron chi connectivity index (χ1n) is 10.4. The first kappa shape index (κ1) is 23.5. The number of nitrogens with two attached hydrogens (primary N) is 1. The first-order chi connectivity index (χ1) is 15.1. The maximum absolute atomic E-state index is 13.2. The summed E-state index contributed by atoms with van der Waals surface area (Å²) in [5.74, 6) is -0.797. The van der Waals surface area contributed by atoms with Crippen molar-refractivity contribution in [2.45, 2.75) is 45.3 Å². The molecule has 1 aliphatic rings. The van der Waals surface area contributed by atoms with Gasteiger partial charge in [-0.15, -0.1) is 0 Å². The van der Waals surface area contributed by atoms with E-state index >= 15 is 0 Å². The molecule has 32 heavy (non-hydrogen) atoms. The highest BCUT2D eigenvalue weighted by molar-refractivity contribution is 5.91. The van der Waals surface area contributed by atoms with Crippen LogP contribution in [0.1, 0.15) is 59.9 Å². The van der Waals surface area contributed by atoms with Gasteiger partial charge in [0.15, 0.2) is 0 Å². The average Bonchev–Trinajstić information content (AvgIpc) is 2.76. The summed E-state index contributed by atoms with van der Waals surface area (Å²) in [5, 5.41) is 2.77. The molecule has 0 bridgehead atoms. The Balaban J connectivity index is 1.75. The van der Waals surface area contributed by atoms with Gasteiger partial charge in [-0.25, -0.2) is 4.98 Å². The Morgan fingerprint density at radius 2 is 1.91 bits per heavy atom. The molecule has 0 spiro atoms. The van der Waals surface area contributed by atoms with Crippen LogP contribution in [0.4, 0.5) is 19.0 Å². The molecular formula is C22H26F3N5O2. The lowest BCUT2D eigenvalue weighted by molar-refractivity contribution is -0.141. The maximum Gasteiger partial charge on any atom is 0.433 e. The zero-order chi connectivity index (χ0) is 23.5. The lowest BCUT2D eigenvalue weighted by Gasteiger charge is -2.33. The predicted octanol–water partition coefficient (Wildman–Crippen LogP) is 3.25. The first-order valence-corrected chi connectivity index (χ1v) is 10.4. The molecule has 0 aromatic carbocycles. The van der Waals surface area contributed by atoms with Crippen molar-refractivity contribution in [3.63, 3.8) is 0 Å². The van der Waals surface area contributed by atoms with E-state index in [9.17, 15) is 22.8 Å². The van der Waals surface area contributed by atoms with E-state index in [1.54, 1.807) is 13.0 Å². The summed E-state index contributed by atoms with van der Waals surface area (Å²) in [4.78, 5) is 33.5. The number of halogens is 3. The van der Waals surface area contributed by atoms with E-state index < -0.39 is 23.7 Å². The summed E-state index contributed by atoms with van der Waals surface area (Å²) >= 11 is 0. The van der Waals surface area contributed by atoms with Crippen molar-refractivity contribution in [1.82, 2.24) is 15.3 Å². The summed E-state index contributed by atoms with van der Waals surface area (Å²) in [7, 11) is 0. The quantitative estimate of drug-likeness (QED) is 0.705. The number of aromatic nitrogens is 2. The van der Waals surface area contributed by atoms with Crippen molar-refractivity contribution in [1.29, 1.82) is 0 Å². The van der Waals surface area contributed by atoms with Crippen LogP contribution in [-0.4, -0.2) is 34.9 Å². The lowest BCUT2D eigenvalue weighted by atomic mass is 9.99. The van der Waals surface area contributed by atoms with E-state index in [1.807, 2.05) is 4.90 Å². The molecule has 7 nitrogen and oxygen atoms in total. The SMILES string of the molecule is CC1CCN(c2nc(C(F)(F)F)ccc2CNC(=O)C(C)c2ccc(C(N)=O)nc2)CC1. The molecule has 3 N–H and O–H groups in total. The minimum atomic E-state index is -4.54. The number of pyridine rings is 2. The van der Waals surface area contributed by atoms with E-state index in [4.69, 9.17) is 5.73 Å². The molecule has 0 radical (unpaired) electrons. The summed E-state index contributed by atoms with van der Waals surface area (Å²) in [5.41, 5.74) is 5.43.